The van der Waals surface area contributed by atoms with E-state index in [1.807, 2.05) is 9.97 Å². The normalized spacial score (nSPS) is 16.5. The molecule has 6 nitrogen and oxygen atoms in total. The molecule has 270 valence electrons. The van der Waals surface area contributed by atoms with Crippen molar-refractivity contribution >= 4 is 16.7 Å². The van der Waals surface area contributed by atoms with Crippen LogP contribution in [0.4, 0.5) is 79.0 Å². The highest BCUT2D eigenvalue weighted by molar-refractivity contribution is 6.12. The maximum atomic E-state index is 15.1. The highest BCUT2D eigenvalue weighted by atomic mass is 19.4. The van der Waals surface area contributed by atoms with Crippen LogP contribution >= 0.6 is 0 Å². The molecule has 24 heteroatoms. The summed E-state index contributed by atoms with van der Waals surface area (Å²) in [6, 6.07) is 1.77. The fourth-order valence-electron chi connectivity index (χ4n) is 4.55. The number of aromatic nitrogens is 3. The highest BCUT2D eigenvalue weighted by Crippen LogP contribution is 2.58. The van der Waals surface area contributed by atoms with E-state index in [4.69, 9.17) is 0 Å². The Morgan fingerprint density at radius 2 is 0.865 bits per heavy atom. The Labute approximate surface area is 273 Å². The number of nitrogens with zero attached hydrogens (tertiary/aromatic N) is 6. The highest BCUT2D eigenvalue weighted by Gasteiger charge is 2.49. The van der Waals surface area contributed by atoms with Crippen molar-refractivity contribution in [3.63, 3.8) is 0 Å². The van der Waals surface area contributed by atoms with Crippen molar-refractivity contribution in [3.05, 3.63) is 103 Å². The molecule has 0 radical (unpaired) electrons. The second-order valence-electron chi connectivity index (χ2n) is 9.70. The van der Waals surface area contributed by atoms with Gasteiger partial charge < -0.3 is 0 Å². The molecule has 1 aliphatic rings. The van der Waals surface area contributed by atoms with E-state index < -0.39 is 145 Å². The molecule has 0 spiro atoms. The molecule has 52 heavy (non-hydrogen) atoms. The minimum absolute atomic E-state index is 0.524. The van der Waals surface area contributed by atoms with Crippen LogP contribution in [0.1, 0.15) is 39.3 Å². The van der Waals surface area contributed by atoms with Crippen molar-refractivity contribution in [1.29, 1.82) is 15.8 Å². The summed E-state index contributed by atoms with van der Waals surface area (Å²) in [7, 11) is 0. The van der Waals surface area contributed by atoms with Crippen molar-refractivity contribution in [2.75, 3.05) is 0 Å². The van der Waals surface area contributed by atoms with Crippen molar-refractivity contribution in [1.82, 2.24) is 15.0 Å². The minimum atomic E-state index is -6.03. The van der Waals surface area contributed by atoms with E-state index in [0.717, 1.165) is 18.2 Å². The number of hydrogen-bond donors (Lipinski definition) is 0. The average Bonchev–Trinajstić information content (AvgIpc) is 3.72. The van der Waals surface area contributed by atoms with Gasteiger partial charge in [-0.15, -0.1) is 0 Å². The van der Waals surface area contributed by atoms with Crippen molar-refractivity contribution < 1.29 is 79.0 Å². The summed E-state index contributed by atoms with van der Waals surface area (Å²) >= 11 is 0. The van der Waals surface area contributed by atoms with Crippen LogP contribution in [0.3, 0.4) is 0 Å². The van der Waals surface area contributed by atoms with Gasteiger partial charge in [0.25, 0.3) is 0 Å². The number of rotatable bonds is 3. The fourth-order valence-corrected chi connectivity index (χ4v) is 4.55. The second kappa shape index (κ2) is 12.6. The Hall–Kier alpha value is -6.12. The van der Waals surface area contributed by atoms with Crippen LogP contribution in [0, 0.1) is 69.2 Å². The molecule has 4 rings (SSSR count). The van der Waals surface area contributed by atoms with E-state index in [1.165, 1.54) is 0 Å². The third-order valence-electron chi connectivity index (χ3n) is 6.66. The molecule has 0 saturated heterocycles. The Kier molecular flexibility index (Phi) is 9.36. The molecule has 0 aliphatic heterocycles. The summed E-state index contributed by atoms with van der Waals surface area (Å²) in [5.41, 5.74) is -28.6. The van der Waals surface area contributed by atoms with Crippen LogP contribution in [0.25, 0.3) is 16.7 Å². The zero-order valence-corrected chi connectivity index (χ0v) is 23.6. The van der Waals surface area contributed by atoms with Gasteiger partial charge in [0, 0.05) is 28.5 Å². The largest absolute Gasteiger partial charge is 0.436 e. The van der Waals surface area contributed by atoms with Crippen LogP contribution in [0.15, 0.2) is 29.0 Å². The van der Waals surface area contributed by atoms with Crippen LogP contribution in [-0.4, -0.2) is 15.0 Å². The lowest BCUT2D eigenvalue weighted by molar-refractivity contribution is -0.145. The molecule has 0 aromatic carbocycles. The number of halogens is 18. The molecule has 1 saturated carbocycles. The first-order valence-electron chi connectivity index (χ1n) is 12.6. The lowest BCUT2D eigenvalue weighted by atomic mass is 9.98. The summed E-state index contributed by atoms with van der Waals surface area (Å²) in [5.74, 6) is -17.3. The number of alkyl halides is 12. The van der Waals surface area contributed by atoms with Crippen molar-refractivity contribution in [2.45, 2.75) is 24.7 Å². The van der Waals surface area contributed by atoms with Crippen LogP contribution < -0.4 is 0 Å². The molecule has 1 fully saturated rings. The molecule has 0 bridgehead atoms. The summed E-state index contributed by atoms with van der Waals surface area (Å²) in [4.78, 5) is 6.48. The Balaban J connectivity index is 2.39. The molecule has 0 unspecified atom stereocenters. The lowest BCUT2D eigenvalue weighted by Gasteiger charge is -2.14. The van der Waals surface area contributed by atoms with Gasteiger partial charge in [0.05, 0.1) is 33.4 Å². The van der Waals surface area contributed by atoms with Gasteiger partial charge in [-0.05, 0) is 6.07 Å². The zero-order chi connectivity index (χ0) is 39.6. The van der Waals surface area contributed by atoms with E-state index in [1.54, 1.807) is 0 Å². The number of hydrogen-bond acceptors (Lipinski definition) is 6. The minimum Gasteiger partial charge on any atom is -0.251 e. The second-order valence-corrected chi connectivity index (χ2v) is 9.70. The number of allylic oxidation sites excluding steroid dienone is 6. The van der Waals surface area contributed by atoms with Gasteiger partial charge in [-0.25, -0.2) is 27.5 Å². The van der Waals surface area contributed by atoms with Crippen LogP contribution in [0.5, 0.6) is 0 Å². The lowest BCUT2D eigenvalue weighted by Crippen LogP contribution is -2.16. The van der Waals surface area contributed by atoms with Crippen molar-refractivity contribution in [2.24, 2.45) is 0 Å². The van der Waals surface area contributed by atoms with Gasteiger partial charge in [-0.2, -0.15) is 77.3 Å². The van der Waals surface area contributed by atoms with E-state index in [-0.39, 0.29) is 0 Å². The van der Waals surface area contributed by atoms with Gasteiger partial charge in [0.2, 0.25) is 11.9 Å². The molecular weight excluding hydrogens is 762 g/mol. The monoisotopic (exact) mass is 764 g/mol. The first-order chi connectivity index (χ1) is 23.7. The topological polar surface area (TPSA) is 110 Å². The molecule has 3 heterocycles. The predicted molar refractivity (Wildman–Crippen MR) is 130 cm³/mol. The number of nitriles is 3. The standard InChI is InChI=1S/C28H2F18N6/c29-17-15(19(31)23(33)51-21(17)27(41,42)43)8(3-48)13-12(7(2-47)6-1-11(26(38,39)40)50-5-10(6)25(35,36)37)14(13)9(4-49)16-18(30)22(28(44,45)46)52-24(34)20(16)32/h1,5H/b12-7?,13-8-,14-9+. The Morgan fingerprint density at radius 3 is 1.17 bits per heavy atom. The maximum absolute atomic E-state index is 15.1. The molecule has 3 aromatic rings. The summed E-state index contributed by atoms with van der Waals surface area (Å²) in [6.45, 7) is 0. The van der Waals surface area contributed by atoms with Gasteiger partial charge in [0.15, 0.2) is 34.7 Å². The van der Waals surface area contributed by atoms with Crippen LogP contribution in [-0.2, 0) is 24.7 Å². The third kappa shape index (κ3) is 6.56. The summed E-state index contributed by atoms with van der Waals surface area (Å²) in [6.07, 6.45) is -24.0. The van der Waals surface area contributed by atoms with E-state index >= 15 is 8.78 Å². The third-order valence-corrected chi connectivity index (χ3v) is 6.66. The fraction of sp³-hybridized carbons (Fsp3) is 0.143. The Bertz CT molecular complexity index is 2170. The number of pyridine rings is 3. The van der Waals surface area contributed by atoms with E-state index in [0.29, 0.717) is 0 Å². The van der Waals surface area contributed by atoms with E-state index in [2.05, 4.69) is 4.98 Å². The molecule has 3 aromatic heterocycles. The molecule has 0 N–H and O–H groups in total. The smallest absolute Gasteiger partial charge is 0.251 e. The quantitative estimate of drug-likeness (QED) is 0.150. The van der Waals surface area contributed by atoms with Gasteiger partial charge in [-0.1, -0.05) is 0 Å². The summed E-state index contributed by atoms with van der Waals surface area (Å²) < 4.78 is 251. The SMILES string of the molecule is N#CC(=C1C(=C(/C#N)c2c(F)c(F)nc(C(F)(F)F)c2F)/C1=C(/C#N)c1c(F)c(F)nc(C(F)(F)F)c1F)c1cc(C(F)(F)F)ncc1C(F)(F)F. The molecule has 0 amide bonds. The predicted octanol–water partition coefficient (Wildman–Crippen LogP) is 9.03. The zero-order valence-electron chi connectivity index (χ0n) is 23.6. The first-order valence-corrected chi connectivity index (χ1v) is 12.6. The van der Waals surface area contributed by atoms with Crippen molar-refractivity contribution in [3.8, 4) is 18.2 Å². The van der Waals surface area contributed by atoms with Crippen LogP contribution in [0.2, 0.25) is 0 Å². The molecule has 0 atom stereocenters. The first kappa shape index (κ1) is 38.7. The molecule has 1 aliphatic carbocycles. The van der Waals surface area contributed by atoms with Gasteiger partial charge in [-0.3, -0.25) is 4.98 Å². The average molecular weight is 764 g/mol. The van der Waals surface area contributed by atoms with E-state index in [9.17, 15) is 86.0 Å². The summed E-state index contributed by atoms with van der Waals surface area (Å²) in [5, 5.41) is 29.4. The van der Waals surface area contributed by atoms with Gasteiger partial charge >= 0.3 is 24.7 Å². The van der Waals surface area contributed by atoms with Gasteiger partial charge in [0.1, 0.15) is 23.9 Å². The maximum Gasteiger partial charge on any atom is 0.436 e. The Morgan fingerprint density at radius 1 is 0.500 bits per heavy atom. The molecular formula is C28H2F18N6.